The summed E-state index contributed by atoms with van der Waals surface area (Å²) in [4.78, 5) is 32.0. The van der Waals surface area contributed by atoms with E-state index < -0.39 is 0 Å². The van der Waals surface area contributed by atoms with Gasteiger partial charge in [-0.2, -0.15) is 0 Å². The van der Waals surface area contributed by atoms with Gasteiger partial charge in [-0.05, 0) is 66.7 Å². The van der Waals surface area contributed by atoms with Crippen molar-refractivity contribution in [3.8, 4) is 33.9 Å². The molecule has 0 atom stereocenters. The van der Waals surface area contributed by atoms with Gasteiger partial charge in [0.2, 0.25) is 0 Å². The van der Waals surface area contributed by atoms with Crippen LogP contribution in [0.25, 0.3) is 33.9 Å². The van der Waals surface area contributed by atoms with Gasteiger partial charge in [0, 0.05) is 54.2 Å². The van der Waals surface area contributed by atoms with Gasteiger partial charge < -0.3 is 9.80 Å². The molecule has 52 heavy (non-hydrogen) atoms. The van der Waals surface area contributed by atoms with E-state index in [1.54, 1.807) is 48.6 Å². The maximum absolute atomic E-state index is 4.65. The van der Waals surface area contributed by atoms with Gasteiger partial charge in [0.1, 0.15) is 12.7 Å². The van der Waals surface area contributed by atoms with Crippen molar-refractivity contribution in [2.24, 2.45) is 0 Å². The summed E-state index contributed by atoms with van der Waals surface area (Å²) >= 11 is 3.59. The van der Waals surface area contributed by atoms with Crippen LogP contribution in [0.4, 0.5) is 34.1 Å². The van der Waals surface area contributed by atoms with Crippen molar-refractivity contribution in [1.29, 1.82) is 0 Å². The lowest BCUT2D eigenvalue weighted by molar-refractivity contribution is 1.05. The Morgan fingerprint density at radius 1 is 0.365 bits per heavy atom. The number of benzene rings is 6. The molecule has 7 nitrogen and oxygen atoms in total. The monoisotopic (exact) mass is 705 g/mol. The molecule has 0 fully saturated rings. The topological polar surface area (TPSA) is 70.9 Å². The number of hydrogen-bond acceptors (Lipinski definition) is 9. The molecule has 0 amide bonds. The third-order valence-corrected chi connectivity index (χ3v) is 11.5. The number of para-hydroxylation sites is 4. The molecule has 0 saturated heterocycles. The van der Waals surface area contributed by atoms with Gasteiger partial charge in [0.15, 0.2) is 11.6 Å². The molecule has 0 N–H and O–H groups in total. The molecule has 8 aromatic rings. The Morgan fingerprint density at radius 3 is 1.17 bits per heavy atom. The second-order valence-corrected chi connectivity index (χ2v) is 14.4. The van der Waals surface area contributed by atoms with Crippen molar-refractivity contribution in [2.75, 3.05) is 9.80 Å². The van der Waals surface area contributed by atoms with Crippen molar-refractivity contribution >= 4 is 57.6 Å². The number of anilines is 6. The van der Waals surface area contributed by atoms with Gasteiger partial charge in [0.25, 0.3) is 0 Å². The molecule has 10 rings (SSSR count). The normalized spacial score (nSPS) is 12.8. The first kappa shape index (κ1) is 30.5. The first-order valence-corrected chi connectivity index (χ1v) is 18.4. The van der Waals surface area contributed by atoms with Gasteiger partial charge in [-0.1, -0.05) is 96.3 Å². The van der Waals surface area contributed by atoms with Crippen LogP contribution >= 0.6 is 23.5 Å². The number of hydrogen-bond donors (Lipinski definition) is 0. The van der Waals surface area contributed by atoms with E-state index in [4.69, 9.17) is 0 Å². The summed E-state index contributed by atoms with van der Waals surface area (Å²) in [6.45, 7) is 0. The van der Waals surface area contributed by atoms with Crippen LogP contribution in [0.1, 0.15) is 0 Å². The Bertz CT molecular complexity index is 2340. The van der Waals surface area contributed by atoms with Crippen LogP contribution in [-0.4, -0.2) is 24.9 Å². The molecule has 2 aliphatic rings. The van der Waals surface area contributed by atoms with E-state index in [1.807, 2.05) is 6.07 Å². The summed E-state index contributed by atoms with van der Waals surface area (Å²) in [5.41, 5.74) is 10.4. The van der Waals surface area contributed by atoms with Crippen LogP contribution in [0.2, 0.25) is 0 Å². The summed E-state index contributed by atoms with van der Waals surface area (Å²) in [6.07, 6.45) is 6.67. The van der Waals surface area contributed by atoms with Crippen LogP contribution in [0.5, 0.6) is 0 Å². The lowest BCUT2D eigenvalue weighted by Crippen LogP contribution is -2.18. The predicted molar refractivity (Wildman–Crippen MR) is 209 cm³/mol. The molecule has 2 aliphatic heterocycles. The van der Waals surface area contributed by atoms with Gasteiger partial charge >= 0.3 is 0 Å². The molecule has 0 bridgehead atoms. The average Bonchev–Trinajstić information content (AvgIpc) is 3.22. The number of nitrogens with zero attached hydrogens (tertiary/aromatic N) is 7. The molecule has 4 heterocycles. The van der Waals surface area contributed by atoms with E-state index in [9.17, 15) is 0 Å². The highest BCUT2D eigenvalue weighted by Gasteiger charge is 2.31. The summed E-state index contributed by atoms with van der Waals surface area (Å²) in [5.74, 6) is 1.29. The van der Waals surface area contributed by atoms with E-state index in [-0.39, 0.29) is 0 Å². The van der Waals surface area contributed by atoms with Gasteiger partial charge in [-0.25, -0.2) is 24.9 Å². The highest BCUT2D eigenvalue weighted by atomic mass is 32.2. The molecular weight excluding hydrogens is 679 g/mol. The van der Waals surface area contributed by atoms with E-state index in [2.05, 4.69) is 168 Å². The average molecular weight is 706 g/mol. The third kappa shape index (κ3) is 5.21. The first-order valence-electron chi connectivity index (χ1n) is 16.8. The van der Waals surface area contributed by atoms with Crippen LogP contribution in [0.3, 0.4) is 0 Å². The van der Waals surface area contributed by atoms with Crippen molar-refractivity contribution < 1.29 is 0 Å². The van der Waals surface area contributed by atoms with Gasteiger partial charge in [-0.15, -0.1) is 0 Å². The predicted octanol–water partition coefficient (Wildman–Crippen LogP) is 11.5. The van der Waals surface area contributed by atoms with Crippen LogP contribution in [0, 0.1) is 0 Å². The van der Waals surface area contributed by atoms with Crippen LogP contribution < -0.4 is 9.80 Å². The molecule has 0 saturated carbocycles. The number of fused-ring (bicyclic) bond motifs is 4. The van der Waals surface area contributed by atoms with Crippen LogP contribution in [0.15, 0.2) is 184 Å². The molecular formula is C43H27N7S2. The van der Waals surface area contributed by atoms with Crippen molar-refractivity contribution in [1.82, 2.24) is 24.9 Å². The Balaban J connectivity index is 1.28. The Kier molecular flexibility index (Phi) is 7.51. The maximum Gasteiger partial charge on any atom is 0.162 e. The zero-order valence-electron chi connectivity index (χ0n) is 27.5. The lowest BCUT2D eigenvalue weighted by atomic mass is 9.95. The zero-order chi connectivity index (χ0) is 34.4. The van der Waals surface area contributed by atoms with Crippen molar-refractivity contribution in [3.05, 3.63) is 165 Å². The van der Waals surface area contributed by atoms with Crippen LogP contribution in [-0.2, 0) is 0 Å². The largest absolute Gasteiger partial charge is 0.308 e. The molecule has 6 aromatic carbocycles. The quantitative estimate of drug-likeness (QED) is 0.174. The molecule has 9 heteroatoms. The van der Waals surface area contributed by atoms with Gasteiger partial charge in [0.05, 0.1) is 34.1 Å². The molecule has 246 valence electrons. The lowest BCUT2D eigenvalue weighted by Gasteiger charge is -2.36. The fraction of sp³-hybridized carbons (Fsp3) is 0. The number of aromatic nitrogens is 5. The Hall–Kier alpha value is -6.29. The molecule has 0 aliphatic carbocycles. The molecule has 0 unspecified atom stereocenters. The van der Waals surface area contributed by atoms with E-state index in [0.717, 1.165) is 56.4 Å². The Morgan fingerprint density at radius 2 is 0.750 bits per heavy atom. The Labute approximate surface area is 309 Å². The summed E-state index contributed by atoms with van der Waals surface area (Å²) in [7, 11) is 0. The number of rotatable bonds is 5. The summed E-state index contributed by atoms with van der Waals surface area (Å²) < 4.78 is 0. The summed E-state index contributed by atoms with van der Waals surface area (Å²) in [6, 6.07) is 49.4. The molecule has 0 spiro atoms. The highest BCUT2D eigenvalue weighted by molar-refractivity contribution is 8.00. The second-order valence-electron chi connectivity index (χ2n) is 12.2. The maximum atomic E-state index is 4.65. The van der Waals surface area contributed by atoms with E-state index >= 15 is 0 Å². The molecule has 0 radical (unpaired) electrons. The van der Waals surface area contributed by atoms with Gasteiger partial charge in [-0.3, -0.25) is 0 Å². The van der Waals surface area contributed by atoms with Crippen molar-refractivity contribution in [2.45, 2.75) is 19.6 Å². The first-order chi connectivity index (χ1) is 25.8. The SMILES string of the molecule is c1cnc(-c2ccc(-c3ccc(-c4ncncn4)cc3N3c4ccccc4Sc4ccccc43)c(N3c4ccccc4Sc4ccccc43)c2)nc1. The fourth-order valence-corrected chi connectivity index (χ4v) is 9.05. The smallest absolute Gasteiger partial charge is 0.162 e. The summed E-state index contributed by atoms with van der Waals surface area (Å²) in [5, 5.41) is 0. The minimum Gasteiger partial charge on any atom is -0.308 e. The van der Waals surface area contributed by atoms with Crippen molar-refractivity contribution in [3.63, 3.8) is 0 Å². The second kappa shape index (κ2) is 12.8. The van der Waals surface area contributed by atoms with E-state index in [0.29, 0.717) is 11.6 Å². The standard InChI is InChI=1S/C43H27N7S2/c1-5-14-38-32(10-1)49(33-11-2-6-15-39(33)51-38)36-24-28(42-45-22-9-23-46-42)18-20-30(36)31-21-19-29(43-47-26-44-27-48-43)25-37(31)50-34-12-3-7-16-40(34)52-41-17-8-4-13-35(41)50/h1-27H. The third-order valence-electron chi connectivity index (χ3n) is 9.21. The highest BCUT2D eigenvalue weighted by Crippen LogP contribution is 2.57. The van der Waals surface area contributed by atoms with E-state index in [1.165, 1.54) is 19.6 Å². The minimum atomic E-state index is 0.614. The molecule has 2 aromatic heterocycles. The fourth-order valence-electron chi connectivity index (χ4n) is 6.93. The minimum absolute atomic E-state index is 0.614. The zero-order valence-corrected chi connectivity index (χ0v) is 29.2.